The zero-order chi connectivity index (χ0) is 23.1. The molecule has 0 bridgehead atoms. The number of benzene rings is 2. The Labute approximate surface area is 204 Å². The highest BCUT2D eigenvalue weighted by molar-refractivity contribution is 6.30. The summed E-state index contributed by atoms with van der Waals surface area (Å²) in [6, 6.07) is 15.5. The minimum absolute atomic E-state index is 0.158. The molecule has 5 nitrogen and oxygen atoms in total. The largest absolute Gasteiger partial charge is 0.508 e. The van der Waals surface area contributed by atoms with Gasteiger partial charge in [-0.15, -0.1) is 0 Å². The van der Waals surface area contributed by atoms with Crippen molar-refractivity contribution in [1.82, 2.24) is 9.88 Å². The Kier molecular flexibility index (Phi) is 5.56. The van der Waals surface area contributed by atoms with Gasteiger partial charge in [-0.2, -0.15) is 0 Å². The Hall–Kier alpha value is -2.86. The van der Waals surface area contributed by atoms with Crippen LogP contribution in [0.5, 0.6) is 11.5 Å². The quantitative estimate of drug-likeness (QED) is 0.529. The van der Waals surface area contributed by atoms with Crippen LogP contribution in [-0.2, 0) is 23.6 Å². The Morgan fingerprint density at radius 2 is 1.94 bits per heavy atom. The fourth-order valence-electron chi connectivity index (χ4n) is 5.53. The maximum absolute atomic E-state index is 10.1. The molecule has 0 saturated carbocycles. The van der Waals surface area contributed by atoms with E-state index in [4.69, 9.17) is 21.1 Å². The third-order valence-electron chi connectivity index (χ3n) is 7.32. The number of phenolic OH excluding ortho intramolecular Hbond substituents is 1. The minimum Gasteiger partial charge on any atom is -0.508 e. The molecule has 1 N–H and O–H groups in total. The molecule has 6 rings (SSSR count). The van der Waals surface area contributed by atoms with E-state index in [1.165, 1.54) is 11.1 Å². The molecule has 0 atom stereocenters. The SMILES string of the molecule is Oc1ccc2c(c1)/C(=C/CCN1CCC3(CC1)OCc1cc(Cl)ccc13)c1cccnc1CO2. The number of pyridine rings is 1. The van der Waals surface area contributed by atoms with Gasteiger partial charge < -0.3 is 19.5 Å². The lowest BCUT2D eigenvalue weighted by atomic mass is 9.84. The summed E-state index contributed by atoms with van der Waals surface area (Å²) in [7, 11) is 0. The van der Waals surface area contributed by atoms with Crippen molar-refractivity contribution in [3.8, 4) is 11.5 Å². The normalized spacial score (nSPS) is 19.9. The molecule has 2 aromatic carbocycles. The van der Waals surface area contributed by atoms with Gasteiger partial charge in [0.25, 0.3) is 0 Å². The molecule has 1 aromatic heterocycles. The molecule has 174 valence electrons. The molecular formula is C28H27ClN2O3. The van der Waals surface area contributed by atoms with Gasteiger partial charge in [0.2, 0.25) is 0 Å². The topological polar surface area (TPSA) is 54.8 Å². The van der Waals surface area contributed by atoms with Crippen molar-refractivity contribution in [3.05, 3.63) is 93.8 Å². The number of halogens is 1. The van der Waals surface area contributed by atoms with Gasteiger partial charge >= 0.3 is 0 Å². The van der Waals surface area contributed by atoms with Gasteiger partial charge in [0.1, 0.15) is 18.1 Å². The molecule has 4 heterocycles. The van der Waals surface area contributed by atoms with Crippen molar-refractivity contribution in [2.75, 3.05) is 19.6 Å². The van der Waals surface area contributed by atoms with Crippen molar-refractivity contribution in [3.63, 3.8) is 0 Å². The second kappa shape index (κ2) is 8.73. The predicted molar refractivity (Wildman–Crippen MR) is 132 cm³/mol. The number of aromatic nitrogens is 1. The van der Waals surface area contributed by atoms with Gasteiger partial charge in [-0.1, -0.05) is 29.8 Å². The average molecular weight is 475 g/mol. The number of hydrogen-bond acceptors (Lipinski definition) is 5. The molecular weight excluding hydrogens is 448 g/mol. The number of fused-ring (bicyclic) bond motifs is 4. The summed E-state index contributed by atoms with van der Waals surface area (Å²) >= 11 is 6.18. The van der Waals surface area contributed by atoms with E-state index in [1.54, 1.807) is 18.3 Å². The van der Waals surface area contributed by atoms with E-state index in [0.29, 0.717) is 13.2 Å². The first-order valence-electron chi connectivity index (χ1n) is 11.9. The molecule has 1 fully saturated rings. The molecule has 0 radical (unpaired) electrons. The van der Waals surface area contributed by atoms with E-state index in [0.717, 1.165) is 72.1 Å². The first-order valence-corrected chi connectivity index (χ1v) is 12.2. The Balaban J connectivity index is 1.18. The highest BCUT2D eigenvalue weighted by atomic mass is 35.5. The van der Waals surface area contributed by atoms with Crippen molar-refractivity contribution in [2.24, 2.45) is 0 Å². The summed E-state index contributed by atoms with van der Waals surface area (Å²) in [5.41, 5.74) is 6.37. The van der Waals surface area contributed by atoms with Gasteiger partial charge in [-0.25, -0.2) is 0 Å². The summed E-state index contributed by atoms with van der Waals surface area (Å²) in [5, 5.41) is 10.9. The first-order chi connectivity index (χ1) is 16.6. The van der Waals surface area contributed by atoms with E-state index in [1.807, 2.05) is 24.3 Å². The summed E-state index contributed by atoms with van der Waals surface area (Å²) in [6.07, 6.45) is 6.96. The van der Waals surface area contributed by atoms with Crippen LogP contribution in [0.3, 0.4) is 0 Å². The highest BCUT2D eigenvalue weighted by Crippen LogP contribution is 2.45. The highest BCUT2D eigenvalue weighted by Gasteiger charge is 2.42. The number of nitrogens with zero attached hydrogens (tertiary/aromatic N) is 2. The Morgan fingerprint density at radius 1 is 1.06 bits per heavy atom. The fraction of sp³-hybridized carbons (Fsp3) is 0.321. The van der Waals surface area contributed by atoms with Crippen molar-refractivity contribution in [2.45, 2.75) is 38.1 Å². The standard InChI is InChI=1S/C28H27ClN2O3/c29-20-5-7-25-19(15-20)17-34-28(25)9-13-31(14-10-28)12-2-4-22-23-3-1-11-30-26(23)18-33-27-8-6-21(32)16-24(22)27/h1,3-8,11,15-16,32H,2,9-10,12-14,17-18H2/b22-4+. The number of likely N-dealkylation sites (tertiary alicyclic amines) is 1. The zero-order valence-electron chi connectivity index (χ0n) is 19.0. The summed E-state index contributed by atoms with van der Waals surface area (Å²) < 4.78 is 12.3. The minimum atomic E-state index is -0.158. The van der Waals surface area contributed by atoms with Crippen LogP contribution in [0, 0.1) is 0 Å². The van der Waals surface area contributed by atoms with Gasteiger partial charge in [0, 0.05) is 42.0 Å². The monoisotopic (exact) mass is 474 g/mol. The lowest BCUT2D eigenvalue weighted by molar-refractivity contribution is -0.0785. The van der Waals surface area contributed by atoms with E-state index in [2.05, 4.69) is 28.1 Å². The van der Waals surface area contributed by atoms with Crippen molar-refractivity contribution in [1.29, 1.82) is 0 Å². The molecule has 1 saturated heterocycles. The maximum Gasteiger partial charge on any atom is 0.131 e. The van der Waals surface area contributed by atoms with Crippen LogP contribution >= 0.6 is 11.6 Å². The van der Waals surface area contributed by atoms with Gasteiger partial charge in [-0.3, -0.25) is 4.98 Å². The molecule has 0 unspecified atom stereocenters. The maximum atomic E-state index is 10.1. The van der Waals surface area contributed by atoms with Crippen LogP contribution in [0.25, 0.3) is 5.57 Å². The number of ether oxygens (including phenoxy) is 2. The van der Waals surface area contributed by atoms with Crippen LogP contribution in [-0.4, -0.2) is 34.6 Å². The molecule has 3 aliphatic heterocycles. The summed E-state index contributed by atoms with van der Waals surface area (Å²) in [4.78, 5) is 7.05. The van der Waals surface area contributed by atoms with Gasteiger partial charge in [0.05, 0.1) is 17.9 Å². The number of hydrogen-bond donors (Lipinski definition) is 1. The summed E-state index contributed by atoms with van der Waals surface area (Å²) in [6.45, 7) is 4.06. The number of piperidine rings is 1. The smallest absolute Gasteiger partial charge is 0.131 e. The van der Waals surface area contributed by atoms with Gasteiger partial charge in [0.15, 0.2) is 0 Å². The van der Waals surface area contributed by atoms with Crippen LogP contribution in [0.1, 0.15) is 47.2 Å². The van der Waals surface area contributed by atoms with Crippen molar-refractivity contribution < 1.29 is 14.6 Å². The average Bonchev–Trinajstić information content (AvgIpc) is 3.11. The van der Waals surface area contributed by atoms with Crippen molar-refractivity contribution >= 4 is 17.2 Å². The van der Waals surface area contributed by atoms with Crippen LogP contribution in [0.15, 0.2) is 60.8 Å². The molecule has 34 heavy (non-hydrogen) atoms. The van der Waals surface area contributed by atoms with Gasteiger partial charge in [-0.05, 0) is 72.4 Å². The molecule has 0 amide bonds. The molecule has 0 aliphatic carbocycles. The van der Waals surface area contributed by atoms with Crippen LogP contribution in [0.4, 0.5) is 0 Å². The number of rotatable bonds is 3. The Bertz CT molecular complexity index is 1260. The van der Waals surface area contributed by atoms with Crippen LogP contribution < -0.4 is 4.74 Å². The fourth-order valence-corrected chi connectivity index (χ4v) is 5.72. The predicted octanol–water partition coefficient (Wildman–Crippen LogP) is 5.68. The Morgan fingerprint density at radius 3 is 2.82 bits per heavy atom. The van der Waals surface area contributed by atoms with E-state index in [-0.39, 0.29) is 11.4 Å². The zero-order valence-corrected chi connectivity index (χ0v) is 19.7. The molecule has 6 heteroatoms. The lowest BCUT2D eigenvalue weighted by Gasteiger charge is -2.39. The number of aromatic hydroxyl groups is 1. The van der Waals surface area contributed by atoms with E-state index >= 15 is 0 Å². The molecule has 3 aliphatic rings. The lowest BCUT2D eigenvalue weighted by Crippen LogP contribution is -2.42. The second-order valence-electron chi connectivity index (χ2n) is 9.30. The third kappa shape index (κ3) is 3.88. The third-order valence-corrected chi connectivity index (χ3v) is 7.55. The first kappa shape index (κ1) is 21.7. The van der Waals surface area contributed by atoms with E-state index < -0.39 is 0 Å². The van der Waals surface area contributed by atoms with E-state index in [9.17, 15) is 5.11 Å². The summed E-state index contributed by atoms with van der Waals surface area (Å²) in [5.74, 6) is 1.01. The molecule has 3 aromatic rings. The van der Waals surface area contributed by atoms with Crippen LogP contribution in [0.2, 0.25) is 5.02 Å². The second-order valence-corrected chi connectivity index (χ2v) is 9.74. The molecule has 1 spiro atoms. The number of phenols is 1.